The number of nitrogens with zero attached hydrogens (tertiary/aromatic N) is 1. The van der Waals surface area contributed by atoms with Gasteiger partial charge in [-0.1, -0.05) is 25.4 Å². The Kier molecular flexibility index (Phi) is 2.84. The van der Waals surface area contributed by atoms with Crippen molar-refractivity contribution in [2.75, 3.05) is 12.8 Å². The van der Waals surface area contributed by atoms with Crippen molar-refractivity contribution in [1.29, 1.82) is 0 Å². The van der Waals surface area contributed by atoms with Gasteiger partial charge < -0.3 is 11.1 Å². The first-order valence-corrected chi connectivity index (χ1v) is 5.91. The second kappa shape index (κ2) is 3.90. The Bertz CT molecular complexity index is 403. The number of hydrogen-bond donors (Lipinski definition) is 2. The summed E-state index contributed by atoms with van der Waals surface area (Å²) in [4.78, 5) is 4.11. The lowest BCUT2D eigenvalue weighted by Gasteiger charge is -2.19. The van der Waals surface area contributed by atoms with Gasteiger partial charge in [0.25, 0.3) is 0 Å². The summed E-state index contributed by atoms with van der Waals surface area (Å²) in [5.41, 5.74) is 7.32. The average Bonchev–Trinajstić information content (AvgIpc) is 2.82. The van der Waals surface area contributed by atoms with Gasteiger partial charge >= 0.3 is 0 Å². The lowest BCUT2D eigenvalue weighted by Crippen LogP contribution is -2.22. The summed E-state index contributed by atoms with van der Waals surface area (Å²) in [6.07, 6.45) is 2.80. The molecule has 2 unspecified atom stereocenters. The van der Waals surface area contributed by atoms with Crippen LogP contribution in [0.2, 0.25) is 5.02 Å². The second-order valence-electron chi connectivity index (χ2n) is 5.19. The number of rotatable bonds is 3. The van der Waals surface area contributed by atoms with Crippen molar-refractivity contribution >= 4 is 17.4 Å². The highest BCUT2D eigenvalue weighted by Crippen LogP contribution is 2.58. The summed E-state index contributed by atoms with van der Waals surface area (Å²) in [7, 11) is 1.96. The Morgan fingerprint density at radius 3 is 2.75 bits per heavy atom. The van der Waals surface area contributed by atoms with E-state index < -0.39 is 0 Å². The Morgan fingerprint density at radius 1 is 1.62 bits per heavy atom. The van der Waals surface area contributed by atoms with Crippen LogP contribution >= 0.6 is 11.6 Å². The number of pyridine rings is 1. The fraction of sp³-hybridized carbons (Fsp3) is 0.583. The topological polar surface area (TPSA) is 50.9 Å². The fourth-order valence-electron chi connectivity index (χ4n) is 2.36. The molecule has 2 atom stereocenters. The van der Waals surface area contributed by atoms with Gasteiger partial charge in [-0.05, 0) is 30.9 Å². The average molecular weight is 240 g/mol. The van der Waals surface area contributed by atoms with E-state index in [-0.39, 0.29) is 6.04 Å². The van der Waals surface area contributed by atoms with Crippen LogP contribution < -0.4 is 11.1 Å². The summed E-state index contributed by atoms with van der Waals surface area (Å²) in [5.74, 6) is 1.19. The lowest BCUT2D eigenvalue weighted by molar-refractivity contribution is 0.441. The van der Waals surface area contributed by atoms with Gasteiger partial charge in [0, 0.05) is 17.8 Å². The van der Waals surface area contributed by atoms with Gasteiger partial charge in [0.2, 0.25) is 0 Å². The summed E-state index contributed by atoms with van der Waals surface area (Å²) in [6, 6.07) is 2.17. The minimum atomic E-state index is 0.251. The smallest absolute Gasteiger partial charge is 0.128 e. The summed E-state index contributed by atoms with van der Waals surface area (Å²) in [6.45, 7) is 4.55. The third kappa shape index (κ3) is 2.02. The van der Waals surface area contributed by atoms with Crippen LogP contribution in [0.15, 0.2) is 12.3 Å². The van der Waals surface area contributed by atoms with Crippen molar-refractivity contribution in [3.05, 3.63) is 22.8 Å². The zero-order valence-electron chi connectivity index (χ0n) is 9.92. The molecule has 0 amide bonds. The number of nitrogen functional groups attached to an aromatic ring is 1. The van der Waals surface area contributed by atoms with E-state index in [1.54, 1.807) is 6.20 Å². The third-order valence-electron chi connectivity index (χ3n) is 3.55. The number of hydrogen-bond acceptors (Lipinski definition) is 3. The molecule has 1 heterocycles. The normalized spacial score (nSPS) is 24.1. The van der Waals surface area contributed by atoms with E-state index >= 15 is 0 Å². The molecule has 3 nitrogen and oxygen atoms in total. The van der Waals surface area contributed by atoms with Crippen LogP contribution in [0.25, 0.3) is 0 Å². The van der Waals surface area contributed by atoms with E-state index in [4.69, 9.17) is 17.3 Å². The quantitative estimate of drug-likeness (QED) is 0.853. The van der Waals surface area contributed by atoms with Gasteiger partial charge in [-0.25, -0.2) is 4.98 Å². The molecule has 0 aromatic carbocycles. The molecule has 1 aromatic rings. The molecule has 0 saturated heterocycles. The molecule has 1 aliphatic carbocycles. The van der Waals surface area contributed by atoms with Crippen molar-refractivity contribution in [2.24, 2.45) is 11.3 Å². The first-order chi connectivity index (χ1) is 7.45. The van der Waals surface area contributed by atoms with Gasteiger partial charge in [-0.2, -0.15) is 0 Å². The van der Waals surface area contributed by atoms with Gasteiger partial charge in [-0.15, -0.1) is 0 Å². The molecule has 2 rings (SSSR count). The Balaban J connectivity index is 2.30. The number of halogens is 1. The molecule has 0 radical (unpaired) electrons. The van der Waals surface area contributed by atoms with Crippen LogP contribution in [0.5, 0.6) is 0 Å². The zero-order valence-corrected chi connectivity index (χ0v) is 10.7. The minimum absolute atomic E-state index is 0.251. The highest BCUT2D eigenvalue weighted by molar-refractivity contribution is 6.30. The van der Waals surface area contributed by atoms with E-state index in [1.807, 2.05) is 13.1 Å². The summed E-state index contributed by atoms with van der Waals surface area (Å²) >= 11 is 5.97. The van der Waals surface area contributed by atoms with Crippen LogP contribution in [-0.4, -0.2) is 12.0 Å². The van der Waals surface area contributed by atoms with Crippen molar-refractivity contribution in [2.45, 2.75) is 26.3 Å². The fourth-order valence-corrected chi connectivity index (χ4v) is 2.53. The highest BCUT2D eigenvalue weighted by Gasteiger charge is 2.50. The zero-order chi connectivity index (χ0) is 11.9. The van der Waals surface area contributed by atoms with Crippen molar-refractivity contribution in [3.63, 3.8) is 0 Å². The summed E-state index contributed by atoms with van der Waals surface area (Å²) < 4.78 is 0. The maximum atomic E-state index is 5.97. The van der Waals surface area contributed by atoms with Gasteiger partial charge in [0.15, 0.2) is 0 Å². The van der Waals surface area contributed by atoms with Gasteiger partial charge in [0.1, 0.15) is 5.82 Å². The number of anilines is 1. The molecular weight excluding hydrogens is 222 g/mol. The maximum Gasteiger partial charge on any atom is 0.128 e. The van der Waals surface area contributed by atoms with Crippen molar-refractivity contribution < 1.29 is 0 Å². The van der Waals surface area contributed by atoms with Crippen LogP contribution in [0.4, 0.5) is 5.82 Å². The third-order valence-corrected chi connectivity index (χ3v) is 3.76. The lowest BCUT2D eigenvalue weighted by atomic mass is 9.97. The molecule has 1 aliphatic rings. The molecule has 88 valence electrons. The number of aromatic nitrogens is 1. The first kappa shape index (κ1) is 11.7. The minimum Gasteiger partial charge on any atom is -0.383 e. The largest absolute Gasteiger partial charge is 0.383 e. The monoisotopic (exact) mass is 239 g/mol. The van der Waals surface area contributed by atoms with Crippen LogP contribution in [0.1, 0.15) is 31.9 Å². The van der Waals surface area contributed by atoms with E-state index in [9.17, 15) is 0 Å². The van der Waals surface area contributed by atoms with Crippen LogP contribution in [0.3, 0.4) is 0 Å². The van der Waals surface area contributed by atoms with E-state index in [2.05, 4.69) is 24.1 Å². The van der Waals surface area contributed by atoms with Crippen molar-refractivity contribution in [1.82, 2.24) is 10.3 Å². The molecular formula is C12H18ClN3. The Hall–Kier alpha value is -0.800. The van der Waals surface area contributed by atoms with Gasteiger partial charge in [0.05, 0.1) is 5.02 Å². The maximum absolute atomic E-state index is 5.97. The molecule has 16 heavy (non-hydrogen) atoms. The molecule has 4 heteroatoms. The first-order valence-electron chi connectivity index (χ1n) is 5.54. The van der Waals surface area contributed by atoms with E-state index in [1.165, 1.54) is 6.42 Å². The summed E-state index contributed by atoms with van der Waals surface area (Å²) in [5, 5.41) is 3.97. The number of nitrogens with one attached hydrogen (secondary N) is 1. The van der Waals surface area contributed by atoms with Crippen LogP contribution in [-0.2, 0) is 0 Å². The molecule has 0 aliphatic heterocycles. The van der Waals surface area contributed by atoms with Crippen molar-refractivity contribution in [3.8, 4) is 0 Å². The van der Waals surface area contributed by atoms with Gasteiger partial charge in [-0.3, -0.25) is 0 Å². The standard InChI is InChI=1S/C12H18ClN3/c1-12(2)5-9(12)10(15-3)8-4-7(13)6-16-11(8)14/h4,6,9-10,15H,5H2,1-3H3,(H2,14,16). The predicted molar refractivity (Wildman–Crippen MR) is 67.3 cm³/mol. The molecule has 3 N–H and O–H groups in total. The predicted octanol–water partition coefficient (Wildman–Crippen LogP) is 2.62. The highest BCUT2D eigenvalue weighted by atomic mass is 35.5. The molecule has 1 fully saturated rings. The Labute approximate surface area is 101 Å². The van der Waals surface area contributed by atoms with Crippen LogP contribution in [0, 0.1) is 11.3 Å². The SMILES string of the molecule is CNC(c1cc(Cl)cnc1N)C1CC1(C)C. The Morgan fingerprint density at radius 2 is 2.25 bits per heavy atom. The van der Waals surface area contributed by atoms with E-state index in [0.717, 1.165) is 5.56 Å². The molecule has 0 bridgehead atoms. The molecule has 1 saturated carbocycles. The second-order valence-corrected chi connectivity index (χ2v) is 5.63. The molecule has 0 spiro atoms. The number of nitrogens with two attached hydrogens (primary N) is 1. The molecule has 1 aromatic heterocycles. The van der Waals surface area contributed by atoms with E-state index in [0.29, 0.717) is 22.2 Å².